The number of ether oxygens (including phenoxy) is 1. The van der Waals surface area contributed by atoms with Crippen LogP contribution in [0.2, 0.25) is 0 Å². The van der Waals surface area contributed by atoms with E-state index >= 15 is 0 Å². The Balaban J connectivity index is 2.22. The van der Waals surface area contributed by atoms with Crippen molar-refractivity contribution in [2.75, 3.05) is 12.1 Å². The summed E-state index contributed by atoms with van der Waals surface area (Å²) in [5, 5.41) is 8.29. The van der Waals surface area contributed by atoms with Crippen LogP contribution in [0.1, 0.15) is 20.3 Å². The summed E-state index contributed by atoms with van der Waals surface area (Å²) in [5.74, 6) is -1.79. The topological polar surface area (TPSA) is 114 Å². The number of carbonyl (C=O) groups is 3. The van der Waals surface area contributed by atoms with Crippen molar-refractivity contribution in [3.05, 3.63) is 30.3 Å². The lowest BCUT2D eigenvalue weighted by Gasteiger charge is -2.20. The third kappa shape index (κ3) is 4.14. The summed E-state index contributed by atoms with van der Waals surface area (Å²) in [5.41, 5.74) is 6.24. The van der Waals surface area contributed by atoms with Crippen LogP contribution in [0.4, 0.5) is 5.69 Å². The van der Waals surface area contributed by atoms with Gasteiger partial charge in [-0.25, -0.2) is 4.79 Å². The molecule has 25 heavy (non-hydrogen) atoms. The molecule has 0 unspecified atom stereocenters. The number of hydrazone groups is 1. The van der Waals surface area contributed by atoms with Crippen molar-refractivity contribution < 1.29 is 19.1 Å². The van der Waals surface area contributed by atoms with Crippen molar-refractivity contribution in [1.29, 1.82) is 0 Å². The van der Waals surface area contributed by atoms with Gasteiger partial charge in [0.1, 0.15) is 17.8 Å². The Bertz CT molecular complexity index is 687. The molecule has 0 saturated heterocycles. The fourth-order valence-corrected chi connectivity index (χ4v) is 2.54. The number of benzene rings is 1. The van der Waals surface area contributed by atoms with Crippen LogP contribution in [0.25, 0.3) is 0 Å². The summed E-state index contributed by atoms with van der Waals surface area (Å²) < 4.78 is 4.71. The van der Waals surface area contributed by atoms with Gasteiger partial charge in [-0.1, -0.05) is 32.0 Å². The Morgan fingerprint density at radius 3 is 2.44 bits per heavy atom. The number of para-hydroxylation sites is 1. The number of carbonyl (C=O) groups excluding carboxylic acids is 3. The van der Waals surface area contributed by atoms with Crippen LogP contribution in [-0.4, -0.2) is 42.7 Å². The molecule has 1 aromatic rings. The molecule has 134 valence electrons. The first-order chi connectivity index (χ1) is 11.8. The molecule has 2 amide bonds. The Morgan fingerprint density at radius 1 is 1.28 bits per heavy atom. The van der Waals surface area contributed by atoms with E-state index < -0.39 is 29.9 Å². The zero-order valence-corrected chi connectivity index (χ0v) is 14.4. The van der Waals surface area contributed by atoms with Gasteiger partial charge in [0.05, 0.1) is 12.8 Å². The average molecular weight is 346 g/mol. The van der Waals surface area contributed by atoms with Crippen molar-refractivity contribution in [2.24, 2.45) is 16.8 Å². The average Bonchev–Trinajstić information content (AvgIpc) is 3.05. The number of hydrogen-bond acceptors (Lipinski definition) is 6. The number of esters is 1. The summed E-state index contributed by atoms with van der Waals surface area (Å²) in [6.07, 6.45) is 0.0715. The van der Waals surface area contributed by atoms with Crippen LogP contribution in [0.15, 0.2) is 35.4 Å². The third-order valence-corrected chi connectivity index (χ3v) is 3.93. The summed E-state index contributed by atoms with van der Waals surface area (Å²) in [6, 6.07) is 7.42. The Labute approximate surface area is 146 Å². The van der Waals surface area contributed by atoms with Crippen molar-refractivity contribution in [1.82, 2.24) is 5.32 Å². The van der Waals surface area contributed by atoms with Gasteiger partial charge in [-0.15, -0.1) is 0 Å². The molecule has 1 aromatic carbocycles. The Hall–Kier alpha value is -2.90. The van der Waals surface area contributed by atoms with Crippen molar-refractivity contribution in [2.45, 2.75) is 32.4 Å². The monoisotopic (exact) mass is 346 g/mol. The van der Waals surface area contributed by atoms with E-state index in [1.54, 1.807) is 38.1 Å². The van der Waals surface area contributed by atoms with E-state index in [1.807, 2.05) is 6.07 Å². The molecule has 0 aliphatic carbocycles. The number of nitrogens with two attached hydrogens (primary N) is 1. The Kier molecular flexibility index (Phi) is 5.74. The highest BCUT2D eigenvalue weighted by atomic mass is 16.5. The van der Waals surface area contributed by atoms with E-state index in [1.165, 1.54) is 12.1 Å². The molecule has 1 heterocycles. The molecular formula is C17H22N4O4. The second-order valence-corrected chi connectivity index (χ2v) is 6.07. The van der Waals surface area contributed by atoms with E-state index in [0.717, 1.165) is 0 Å². The van der Waals surface area contributed by atoms with E-state index in [0.29, 0.717) is 5.69 Å². The van der Waals surface area contributed by atoms with E-state index in [4.69, 9.17) is 10.5 Å². The molecule has 0 spiro atoms. The summed E-state index contributed by atoms with van der Waals surface area (Å²) in [4.78, 5) is 36.0. The second-order valence-electron chi connectivity index (χ2n) is 6.07. The van der Waals surface area contributed by atoms with E-state index in [2.05, 4.69) is 10.4 Å². The fourth-order valence-electron chi connectivity index (χ4n) is 2.54. The maximum atomic E-state index is 12.5. The lowest BCUT2D eigenvalue weighted by Crippen LogP contribution is -2.47. The SMILES string of the molecule is COC(=O)[C@@H](NC(=O)C1=NN(c2ccccc2)[C@@H](C(N)=O)C1)C(C)C. The minimum absolute atomic E-state index is 0.0715. The first-order valence-corrected chi connectivity index (χ1v) is 7.95. The van der Waals surface area contributed by atoms with E-state index in [-0.39, 0.29) is 18.1 Å². The number of methoxy groups -OCH3 is 1. The maximum Gasteiger partial charge on any atom is 0.328 e. The van der Waals surface area contributed by atoms with Crippen molar-refractivity contribution in [3.63, 3.8) is 0 Å². The van der Waals surface area contributed by atoms with Crippen molar-refractivity contribution >= 4 is 29.2 Å². The molecule has 3 N–H and O–H groups in total. The fraction of sp³-hybridized carbons (Fsp3) is 0.412. The number of rotatable bonds is 6. The molecule has 0 fully saturated rings. The molecule has 0 saturated carbocycles. The van der Waals surface area contributed by atoms with Gasteiger partial charge in [0.25, 0.3) is 5.91 Å². The van der Waals surface area contributed by atoms with E-state index in [9.17, 15) is 14.4 Å². The van der Waals surface area contributed by atoms with Gasteiger partial charge >= 0.3 is 5.97 Å². The van der Waals surface area contributed by atoms with Gasteiger partial charge in [0.2, 0.25) is 5.91 Å². The highest BCUT2D eigenvalue weighted by molar-refractivity contribution is 6.40. The number of hydrogen-bond donors (Lipinski definition) is 2. The predicted molar refractivity (Wildman–Crippen MR) is 92.7 cm³/mol. The molecule has 2 atom stereocenters. The van der Waals surface area contributed by atoms with Gasteiger partial charge in [0, 0.05) is 6.42 Å². The number of primary amides is 1. The number of amides is 2. The Morgan fingerprint density at radius 2 is 1.92 bits per heavy atom. The summed E-state index contributed by atoms with van der Waals surface area (Å²) >= 11 is 0. The zero-order valence-electron chi connectivity index (χ0n) is 14.4. The molecule has 8 heteroatoms. The molecule has 1 aliphatic rings. The van der Waals surface area contributed by atoms with Gasteiger partial charge in [0.15, 0.2) is 0 Å². The molecule has 0 aromatic heterocycles. The molecular weight excluding hydrogens is 324 g/mol. The highest BCUT2D eigenvalue weighted by Gasteiger charge is 2.36. The number of anilines is 1. The minimum Gasteiger partial charge on any atom is -0.467 e. The van der Waals surface area contributed by atoms with Crippen molar-refractivity contribution in [3.8, 4) is 0 Å². The molecule has 1 aliphatic heterocycles. The first-order valence-electron chi connectivity index (χ1n) is 7.95. The lowest BCUT2D eigenvalue weighted by molar-refractivity contribution is -0.145. The molecule has 0 bridgehead atoms. The zero-order chi connectivity index (χ0) is 18.6. The molecule has 0 radical (unpaired) electrons. The van der Waals surface area contributed by atoms with Gasteiger partial charge in [-0.3, -0.25) is 14.6 Å². The summed E-state index contributed by atoms with van der Waals surface area (Å²) in [6.45, 7) is 3.58. The van der Waals surface area contributed by atoms with Crippen LogP contribution in [0.3, 0.4) is 0 Å². The lowest BCUT2D eigenvalue weighted by atomic mass is 10.0. The highest BCUT2D eigenvalue weighted by Crippen LogP contribution is 2.24. The minimum atomic E-state index is -0.794. The van der Waals surface area contributed by atoms with Crippen LogP contribution < -0.4 is 16.1 Å². The van der Waals surface area contributed by atoms with Gasteiger partial charge < -0.3 is 15.8 Å². The van der Waals surface area contributed by atoms with Gasteiger partial charge in [-0.05, 0) is 18.1 Å². The smallest absolute Gasteiger partial charge is 0.328 e. The number of nitrogens with zero attached hydrogens (tertiary/aromatic N) is 2. The standard InChI is InChI=1S/C17H22N4O4/c1-10(2)14(17(24)25-3)19-16(23)12-9-13(15(18)22)21(20-12)11-7-5-4-6-8-11/h4-8,10,13-14H,9H2,1-3H3,(H2,18,22)(H,19,23)/t13-,14+/m1/s1. The quantitative estimate of drug-likeness (QED) is 0.725. The number of nitrogens with one attached hydrogen (secondary N) is 1. The first kappa shape index (κ1) is 18.4. The second kappa shape index (κ2) is 7.78. The molecule has 8 nitrogen and oxygen atoms in total. The predicted octanol–water partition coefficient (Wildman–Crippen LogP) is 0.420. The van der Waals surface area contributed by atoms with Crippen LogP contribution in [0.5, 0.6) is 0 Å². The van der Waals surface area contributed by atoms with Crippen LogP contribution in [-0.2, 0) is 19.1 Å². The van der Waals surface area contributed by atoms with Gasteiger partial charge in [-0.2, -0.15) is 5.10 Å². The molecule has 2 rings (SSSR count). The summed E-state index contributed by atoms with van der Waals surface area (Å²) in [7, 11) is 1.26. The third-order valence-electron chi connectivity index (χ3n) is 3.93. The van der Waals surface area contributed by atoms with Crippen LogP contribution >= 0.6 is 0 Å². The normalized spacial score (nSPS) is 17.8. The van der Waals surface area contributed by atoms with Crippen LogP contribution in [0, 0.1) is 5.92 Å². The maximum absolute atomic E-state index is 12.5. The largest absolute Gasteiger partial charge is 0.467 e.